The molecule has 3 nitrogen and oxygen atoms in total. The molecule has 0 bridgehead atoms. The Morgan fingerprint density at radius 1 is 1.10 bits per heavy atom. The number of benzene rings is 2. The first-order chi connectivity index (χ1) is 10.3. The van der Waals surface area contributed by atoms with Crippen LogP contribution in [0.2, 0.25) is 0 Å². The van der Waals surface area contributed by atoms with Crippen molar-refractivity contribution in [3.8, 4) is 0 Å². The molecule has 1 aliphatic rings. The summed E-state index contributed by atoms with van der Waals surface area (Å²) < 4.78 is 5.29. The Balaban J connectivity index is 1.76. The average Bonchev–Trinajstić information content (AvgIpc) is 2.50. The lowest BCUT2D eigenvalue weighted by molar-refractivity contribution is 0.181. The fourth-order valence-corrected chi connectivity index (χ4v) is 3.08. The highest BCUT2D eigenvalue weighted by molar-refractivity contribution is 5.51. The Morgan fingerprint density at radius 2 is 1.90 bits per heavy atom. The highest BCUT2D eigenvalue weighted by atomic mass is 16.5. The van der Waals surface area contributed by atoms with Gasteiger partial charge in [0.05, 0.1) is 6.61 Å². The number of anilines is 1. The van der Waals surface area contributed by atoms with Crippen LogP contribution in [0.1, 0.15) is 22.3 Å². The molecule has 110 valence electrons. The van der Waals surface area contributed by atoms with Crippen LogP contribution >= 0.6 is 0 Å². The van der Waals surface area contributed by atoms with Gasteiger partial charge in [0.25, 0.3) is 0 Å². The van der Waals surface area contributed by atoms with Gasteiger partial charge in [-0.05, 0) is 34.7 Å². The molecule has 0 radical (unpaired) electrons. The molecule has 3 heteroatoms. The molecule has 1 heterocycles. The monoisotopic (exact) mass is 282 g/mol. The lowest BCUT2D eigenvalue weighted by atomic mass is 9.97. The summed E-state index contributed by atoms with van der Waals surface area (Å²) in [6.07, 6.45) is 1.04. The zero-order valence-corrected chi connectivity index (χ0v) is 12.5. The van der Waals surface area contributed by atoms with Gasteiger partial charge in [-0.15, -0.1) is 0 Å². The van der Waals surface area contributed by atoms with Crippen LogP contribution in [0, 0.1) is 0 Å². The summed E-state index contributed by atoms with van der Waals surface area (Å²) >= 11 is 0. The predicted molar refractivity (Wildman–Crippen MR) is 85.8 cm³/mol. The summed E-state index contributed by atoms with van der Waals surface area (Å²) in [5, 5.41) is 0. The van der Waals surface area contributed by atoms with Gasteiger partial charge in [0.1, 0.15) is 0 Å². The van der Waals surface area contributed by atoms with Gasteiger partial charge in [0, 0.05) is 32.4 Å². The lowest BCUT2D eigenvalue weighted by Gasteiger charge is -2.30. The minimum Gasteiger partial charge on any atom is -0.398 e. The van der Waals surface area contributed by atoms with E-state index in [-0.39, 0.29) is 0 Å². The normalized spacial score (nSPS) is 14.9. The smallest absolute Gasteiger partial charge is 0.0716 e. The van der Waals surface area contributed by atoms with Gasteiger partial charge in [-0.1, -0.05) is 36.4 Å². The Hall–Kier alpha value is -1.84. The molecule has 0 spiro atoms. The van der Waals surface area contributed by atoms with E-state index in [0.29, 0.717) is 6.61 Å². The van der Waals surface area contributed by atoms with Gasteiger partial charge >= 0.3 is 0 Å². The molecular weight excluding hydrogens is 260 g/mol. The van der Waals surface area contributed by atoms with Gasteiger partial charge in [0.15, 0.2) is 0 Å². The number of rotatable bonds is 4. The van der Waals surface area contributed by atoms with Crippen molar-refractivity contribution in [1.29, 1.82) is 0 Å². The molecule has 3 rings (SSSR count). The van der Waals surface area contributed by atoms with Crippen LogP contribution in [0.5, 0.6) is 0 Å². The highest BCUT2D eigenvalue weighted by Gasteiger charge is 2.18. The molecule has 0 fully saturated rings. The van der Waals surface area contributed by atoms with Crippen molar-refractivity contribution < 1.29 is 4.74 Å². The molecule has 0 aromatic heterocycles. The van der Waals surface area contributed by atoms with Gasteiger partial charge < -0.3 is 10.5 Å². The molecule has 21 heavy (non-hydrogen) atoms. The van der Waals surface area contributed by atoms with Crippen molar-refractivity contribution in [2.45, 2.75) is 26.1 Å². The Bertz CT molecular complexity index is 624. The zero-order chi connectivity index (χ0) is 14.7. The van der Waals surface area contributed by atoms with Crippen molar-refractivity contribution in [2.75, 3.05) is 19.4 Å². The summed E-state index contributed by atoms with van der Waals surface area (Å²) in [5.74, 6) is 0. The molecule has 0 saturated carbocycles. The number of nitrogens with two attached hydrogens (primary N) is 1. The minimum absolute atomic E-state index is 0.674. The molecule has 1 aliphatic heterocycles. The Labute approximate surface area is 126 Å². The second kappa shape index (κ2) is 6.29. The Kier molecular flexibility index (Phi) is 4.23. The number of hydrogen-bond donors (Lipinski definition) is 1. The molecule has 0 amide bonds. The summed E-state index contributed by atoms with van der Waals surface area (Å²) in [7, 11) is 1.75. The SMILES string of the molecule is COCc1ccccc1CN1CCc2c(N)cccc2C1. The second-order valence-electron chi connectivity index (χ2n) is 5.65. The number of nitrogen functional groups attached to an aromatic ring is 1. The van der Waals surface area contributed by atoms with Gasteiger partial charge in [-0.2, -0.15) is 0 Å². The summed E-state index contributed by atoms with van der Waals surface area (Å²) in [6, 6.07) is 14.8. The standard InChI is InChI=1S/C18H22N2O/c1-21-13-16-6-3-2-5-14(16)11-20-10-9-17-15(12-20)7-4-8-18(17)19/h2-8H,9-13,19H2,1H3. The predicted octanol–water partition coefficient (Wildman–Crippen LogP) is 2.97. The number of nitrogens with zero attached hydrogens (tertiary/aromatic N) is 1. The number of ether oxygens (including phenoxy) is 1. The van der Waals surface area contributed by atoms with E-state index < -0.39 is 0 Å². The van der Waals surface area contributed by atoms with E-state index >= 15 is 0 Å². The van der Waals surface area contributed by atoms with Crippen LogP contribution in [-0.4, -0.2) is 18.6 Å². The largest absolute Gasteiger partial charge is 0.398 e. The molecule has 0 aliphatic carbocycles. The zero-order valence-electron chi connectivity index (χ0n) is 12.5. The van der Waals surface area contributed by atoms with Crippen molar-refractivity contribution in [1.82, 2.24) is 4.90 Å². The summed E-state index contributed by atoms with van der Waals surface area (Å²) in [4.78, 5) is 2.48. The van der Waals surface area contributed by atoms with E-state index in [0.717, 1.165) is 31.7 Å². The molecule has 0 unspecified atom stereocenters. The van der Waals surface area contributed by atoms with E-state index in [1.54, 1.807) is 7.11 Å². The van der Waals surface area contributed by atoms with Crippen LogP contribution in [-0.2, 0) is 30.9 Å². The number of hydrogen-bond acceptors (Lipinski definition) is 3. The van der Waals surface area contributed by atoms with Gasteiger partial charge in [-0.25, -0.2) is 0 Å². The summed E-state index contributed by atoms with van der Waals surface area (Å²) in [6.45, 7) is 3.67. The topological polar surface area (TPSA) is 38.5 Å². The van der Waals surface area contributed by atoms with Gasteiger partial charge in [-0.3, -0.25) is 4.90 Å². The van der Waals surface area contributed by atoms with Crippen LogP contribution in [0.15, 0.2) is 42.5 Å². The van der Waals surface area contributed by atoms with Crippen LogP contribution in [0.4, 0.5) is 5.69 Å². The van der Waals surface area contributed by atoms with Crippen LogP contribution < -0.4 is 5.73 Å². The third-order valence-corrected chi connectivity index (χ3v) is 4.19. The van der Waals surface area contributed by atoms with Crippen molar-refractivity contribution in [2.24, 2.45) is 0 Å². The average molecular weight is 282 g/mol. The van der Waals surface area contributed by atoms with Crippen LogP contribution in [0.3, 0.4) is 0 Å². The second-order valence-corrected chi connectivity index (χ2v) is 5.65. The third-order valence-electron chi connectivity index (χ3n) is 4.19. The van der Waals surface area contributed by atoms with Crippen molar-refractivity contribution >= 4 is 5.69 Å². The quantitative estimate of drug-likeness (QED) is 0.876. The molecule has 2 aromatic carbocycles. The van der Waals surface area contributed by atoms with E-state index in [2.05, 4.69) is 41.3 Å². The fourth-order valence-electron chi connectivity index (χ4n) is 3.08. The fraction of sp³-hybridized carbons (Fsp3) is 0.333. The van der Waals surface area contributed by atoms with Crippen molar-refractivity contribution in [3.63, 3.8) is 0 Å². The first-order valence-corrected chi connectivity index (χ1v) is 7.42. The van der Waals surface area contributed by atoms with E-state index in [1.807, 2.05) is 6.07 Å². The van der Waals surface area contributed by atoms with E-state index in [4.69, 9.17) is 10.5 Å². The molecule has 0 saturated heterocycles. The summed E-state index contributed by atoms with van der Waals surface area (Å²) in [5.41, 5.74) is 12.3. The first kappa shape index (κ1) is 14.1. The van der Waals surface area contributed by atoms with Crippen molar-refractivity contribution in [3.05, 3.63) is 64.7 Å². The maximum atomic E-state index is 6.07. The first-order valence-electron chi connectivity index (χ1n) is 7.42. The van der Waals surface area contributed by atoms with Crippen LogP contribution in [0.25, 0.3) is 0 Å². The third kappa shape index (κ3) is 3.09. The minimum atomic E-state index is 0.674. The van der Waals surface area contributed by atoms with E-state index in [1.165, 1.54) is 22.3 Å². The highest BCUT2D eigenvalue weighted by Crippen LogP contribution is 2.25. The van der Waals surface area contributed by atoms with E-state index in [9.17, 15) is 0 Å². The maximum absolute atomic E-state index is 6.07. The maximum Gasteiger partial charge on any atom is 0.0716 e. The number of fused-ring (bicyclic) bond motifs is 1. The molecule has 2 aromatic rings. The number of methoxy groups -OCH3 is 1. The lowest BCUT2D eigenvalue weighted by Crippen LogP contribution is -2.30. The molecular formula is C18H22N2O. The molecule has 0 atom stereocenters. The Morgan fingerprint density at radius 3 is 2.71 bits per heavy atom. The molecule has 2 N–H and O–H groups in total. The van der Waals surface area contributed by atoms with Gasteiger partial charge in [0.2, 0.25) is 0 Å².